The molecule has 34 heavy (non-hydrogen) atoms. The molecule has 2 aromatic rings. The molecule has 0 radical (unpaired) electrons. The lowest BCUT2D eigenvalue weighted by Crippen LogP contribution is -2.52. The second-order valence-electron chi connectivity index (χ2n) is 7.98. The quantitative estimate of drug-likeness (QED) is 0.373. The Morgan fingerprint density at radius 3 is 2.50 bits per heavy atom. The zero-order chi connectivity index (χ0) is 24.3. The van der Waals surface area contributed by atoms with E-state index in [9.17, 15) is 14.4 Å². The van der Waals surface area contributed by atoms with E-state index in [0.29, 0.717) is 41.5 Å². The van der Waals surface area contributed by atoms with Gasteiger partial charge in [0.25, 0.3) is 11.8 Å². The van der Waals surface area contributed by atoms with E-state index in [4.69, 9.17) is 9.47 Å². The summed E-state index contributed by atoms with van der Waals surface area (Å²) in [7, 11) is 1.54. The number of carbonyl (C=O) groups excluding carboxylic acids is 3. The fourth-order valence-corrected chi connectivity index (χ4v) is 4.07. The van der Waals surface area contributed by atoms with Crippen molar-refractivity contribution in [2.75, 3.05) is 13.7 Å². The SMILES string of the molecule is C/C=C\N=C(CC)Oc1ccc([C@]2(CN3Cc4ccc(OC)cc4C3=O)NC(=O)NC2=O)cc1. The van der Waals surface area contributed by atoms with Crippen LogP contribution in [0, 0.1) is 0 Å². The highest BCUT2D eigenvalue weighted by molar-refractivity contribution is 6.08. The maximum Gasteiger partial charge on any atom is 0.322 e. The van der Waals surface area contributed by atoms with Crippen molar-refractivity contribution in [3.05, 3.63) is 71.4 Å². The fraction of sp³-hybridized carbons (Fsp3) is 0.280. The van der Waals surface area contributed by atoms with E-state index < -0.39 is 17.5 Å². The number of methoxy groups -OCH3 is 1. The third-order valence-corrected chi connectivity index (χ3v) is 5.82. The molecule has 0 aromatic heterocycles. The van der Waals surface area contributed by atoms with Gasteiger partial charge in [-0.05, 0) is 42.3 Å². The number of amides is 4. The van der Waals surface area contributed by atoms with Gasteiger partial charge in [0, 0.05) is 24.7 Å². The largest absolute Gasteiger partial charge is 0.497 e. The minimum atomic E-state index is -1.43. The van der Waals surface area contributed by atoms with Crippen molar-refractivity contribution < 1.29 is 23.9 Å². The number of rotatable bonds is 7. The highest BCUT2D eigenvalue weighted by Crippen LogP contribution is 2.33. The van der Waals surface area contributed by atoms with E-state index in [2.05, 4.69) is 15.6 Å². The van der Waals surface area contributed by atoms with Gasteiger partial charge in [0.05, 0.1) is 13.7 Å². The number of fused-ring (bicyclic) bond motifs is 1. The topological polar surface area (TPSA) is 109 Å². The lowest BCUT2D eigenvalue weighted by Gasteiger charge is -2.31. The Balaban J connectivity index is 1.61. The van der Waals surface area contributed by atoms with Gasteiger partial charge in [-0.3, -0.25) is 14.9 Å². The number of aliphatic imine (C=N–C) groups is 1. The van der Waals surface area contributed by atoms with Gasteiger partial charge in [0.1, 0.15) is 11.5 Å². The molecular weight excluding hydrogens is 436 g/mol. The summed E-state index contributed by atoms with van der Waals surface area (Å²) in [5.41, 5.74) is 0.467. The molecule has 4 rings (SSSR count). The van der Waals surface area contributed by atoms with Crippen LogP contribution in [-0.2, 0) is 16.9 Å². The second kappa shape index (κ2) is 9.38. The molecule has 0 aliphatic carbocycles. The van der Waals surface area contributed by atoms with Crippen LogP contribution in [0.1, 0.15) is 41.8 Å². The molecule has 2 aromatic carbocycles. The molecule has 1 atom stereocenters. The van der Waals surface area contributed by atoms with Crippen molar-refractivity contribution in [1.82, 2.24) is 15.5 Å². The first-order valence-electron chi connectivity index (χ1n) is 11.0. The molecule has 2 N–H and O–H groups in total. The average molecular weight is 463 g/mol. The summed E-state index contributed by atoms with van der Waals surface area (Å²) in [6, 6.07) is 11.5. The van der Waals surface area contributed by atoms with Crippen LogP contribution in [0.5, 0.6) is 11.5 Å². The monoisotopic (exact) mass is 462 g/mol. The minimum Gasteiger partial charge on any atom is -0.497 e. The number of hydrogen-bond acceptors (Lipinski definition) is 6. The Bertz CT molecular complexity index is 1190. The summed E-state index contributed by atoms with van der Waals surface area (Å²) in [6.07, 6.45) is 4.07. The molecule has 176 valence electrons. The number of carbonyl (C=O) groups is 3. The van der Waals surface area contributed by atoms with Crippen molar-refractivity contribution in [2.45, 2.75) is 32.4 Å². The first-order valence-corrected chi connectivity index (χ1v) is 11.0. The van der Waals surface area contributed by atoms with Gasteiger partial charge in [-0.15, -0.1) is 0 Å². The molecule has 0 unspecified atom stereocenters. The lowest BCUT2D eigenvalue weighted by molar-refractivity contribution is -0.124. The van der Waals surface area contributed by atoms with Crippen molar-refractivity contribution in [1.29, 1.82) is 0 Å². The van der Waals surface area contributed by atoms with E-state index in [1.165, 1.54) is 7.11 Å². The maximum absolute atomic E-state index is 13.1. The van der Waals surface area contributed by atoms with Crippen molar-refractivity contribution in [3.8, 4) is 11.5 Å². The fourth-order valence-electron chi connectivity index (χ4n) is 4.07. The Labute approximate surface area is 197 Å². The predicted octanol–water partition coefficient (Wildman–Crippen LogP) is 3.11. The van der Waals surface area contributed by atoms with E-state index in [-0.39, 0.29) is 12.5 Å². The number of allylic oxidation sites excluding steroid dienone is 1. The maximum atomic E-state index is 13.1. The predicted molar refractivity (Wildman–Crippen MR) is 126 cm³/mol. The molecule has 1 fully saturated rings. The zero-order valence-electron chi connectivity index (χ0n) is 19.3. The molecule has 0 spiro atoms. The van der Waals surface area contributed by atoms with Crippen LogP contribution in [-0.4, -0.2) is 42.3 Å². The Morgan fingerprint density at radius 2 is 1.88 bits per heavy atom. The van der Waals surface area contributed by atoms with Gasteiger partial charge >= 0.3 is 6.03 Å². The number of imide groups is 1. The molecule has 2 heterocycles. The molecule has 1 saturated heterocycles. The molecule has 0 saturated carbocycles. The molecule has 2 aliphatic heterocycles. The number of ether oxygens (including phenoxy) is 2. The van der Waals surface area contributed by atoms with Crippen LogP contribution in [0.4, 0.5) is 4.79 Å². The average Bonchev–Trinajstić information content (AvgIpc) is 3.31. The summed E-state index contributed by atoms with van der Waals surface area (Å²) in [5, 5.41) is 5.05. The molecule has 4 amide bonds. The summed E-state index contributed by atoms with van der Waals surface area (Å²) in [6.45, 7) is 4.10. The van der Waals surface area contributed by atoms with Crippen LogP contribution >= 0.6 is 0 Å². The number of nitrogens with zero attached hydrogens (tertiary/aromatic N) is 2. The van der Waals surface area contributed by atoms with Crippen LogP contribution in [0.25, 0.3) is 0 Å². The van der Waals surface area contributed by atoms with Crippen LogP contribution in [0.2, 0.25) is 0 Å². The van der Waals surface area contributed by atoms with Crippen LogP contribution in [0.3, 0.4) is 0 Å². The highest BCUT2D eigenvalue weighted by atomic mass is 16.5. The van der Waals surface area contributed by atoms with Crippen molar-refractivity contribution in [2.24, 2.45) is 4.99 Å². The van der Waals surface area contributed by atoms with E-state index in [1.54, 1.807) is 53.6 Å². The minimum absolute atomic E-state index is 0.0242. The number of urea groups is 1. The van der Waals surface area contributed by atoms with Crippen molar-refractivity contribution in [3.63, 3.8) is 0 Å². The second-order valence-corrected chi connectivity index (χ2v) is 7.98. The third-order valence-electron chi connectivity index (χ3n) is 5.82. The Hall–Kier alpha value is -4.14. The van der Waals surface area contributed by atoms with Crippen LogP contribution < -0.4 is 20.1 Å². The van der Waals surface area contributed by atoms with E-state index in [1.807, 2.05) is 19.9 Å². The highest BCUT2D eigenvalue weighted by Gasteiger charge is 2.50. The van der Waals surface area contributed by atoms with Gasteiger partial charge < -0.3 is 19.7 Å². The van der Waals surface area contributed by atoms with Gasteiger partial charge in [0.2, 0.25) is 0 Å². The Kier molecular flexibility index (Phi) is 6.36. The summed E-state index contributed by atoms with van der Waals surface area (Å²) in [5.74, 6) is 0.927. The van der Waals surface area contributed by atoms with Crippen LogP contribution in [0.15, 0.2) is 59.7 Å². The number of benzene rings is 2. The van der Waals surface area contributed by atoms with Gasteiger partial charge in [-0.25, -0.2) is 9.79 Å². The van der Waals surface area contributed by atoms with E-state index in [0.717, 1.165) is 5.56 Å². The Morgan fingerprint density at radius 1 is 1.15 bits per heavy atom. The molecule has 9 nitrogen and oxygen atoms in total. The normalized spacial score (nSPS) is 19.9. The summed E-state index contributed by atoms with van der Waals surface area (Å²) < 4.78 is 11.0. The number of nitrogens with one attached hydrogen (secondary N) is 2. The molecule has 0 bridgehead atoms. The lowest BCUT2D eigenvalue weighted by atomic mass is 9.89. The smallest absolute Gasteiger partial charge is 0.322 e. The van der Waals surface area contributed by atoms with Gasteiger partial charge in [-0.1, -0.05) is 31.2 Å². The molecular formula is C25H26N4O5. The van der Waals surface area contributed by atoms with E-state index >= 15 is 0 Å². The zero-order valence-corrected chi connectivity index (χ0v) is 19.3. The first-order chi connectivity index (χ1) is 16.4. The van der Waals surface area contributed by atoms with Crippen molar-refractivity contribution >= 4 is 23.7 Å². The molecule has 2 aliphatic rings. The summed E-state index contributed by atoms with van der Waals surface area (Å²) in [4.78, 5) is 44.0. The number of hydrogen-bond donors (Lipinski definition) is 2. The summed E-state index contributed by atoms with van der Waals surface area (Å²) >= 11 is 0. The van der Waals surface area contributed by atoms with Gasteiger partial charge in [-0.2, -0.15) is 0 Å². The first kappa shape index (κ1) is 23.0. The van der Waals surface area contributed by atoms with Gasteiger partial charge in [0.15, 0.2) is 11.4 Å². The standard InChI is InChI=1S/C25H26N4O5/c1-4-12-26-21(5-2)34-18-10-7-17(8-11-18)25(23(31)27-24(32)28-25)15-29-14-16-6-9-19(33-3)13-20(16)22(29)30/h4,6-13H,5,14-15H2,1-3H3,(H2,27,28,31,32)/b12-4-,26-21?/t25-/m0/s1. The third kappa shape index (κ3) is 4.24. The molecule has 9 heteroatoms.